The predicted molar refractivity (Wildman–Crippen MR) is 97.1 cm³/mol. The summed E-state index contributed by atoms with van der Waals surface area (Å²) in [6.07, 6.45) is 3.28. The van der Waals surface area contributed by atoms with Crippen LogP contribution in [-0.4, -0.2) is 23.2 Å². The zero-order valence-electron chi connectivity index (χ0n) is 11.5. The van der Waals surface area contributed by atoms with Crippen LogP contribution in [0.3, 0.4) is 0 Å². The summed E-state index contributed by atoms with van der Waals surface area (Å²) in [6, 6.07) is 4.19. The normalized spacial score (nSPS) is 11.1. The molecule has 2 heterocycles. The fourth-order valence-corrected chi connectivity index (χ4v) is 4.56. The molecule has 7 heteroatoms. The first-order valence-electron chi connectivity index (χ1n) is 6.33. The third kappa shape index (κ3) is 6.34. The number of thioether (sulfide) groups is 1. The van der Waals surface area contributed by atoms with Crippen LogP contribution in [0.4, 0.5) is 0 Å². The first kappa shape index (κ1) is 16.7. The minimum atomic E-state index is -0.0693. The standard InChI is InChI=1S/C14H15BrN2OS3/c1-10-17-11(8-20-10)2-5-14(18)16-6-7-19-9-12-3-4-13(15)21-12/h2-5,8H,6-7,9H2,1H3,(H,16,18)/b5-2+. The molecule has 0 saturated carbocycles. The maximum absolute atomic E-state index is 11.6. The molecule has 0 fully saturated rings. The first-order chi connectivity index (χ1) is 10.1. The smallest absolute Gasteiger partial charge is 0.244 e. The third-order valence-electron chi connectivity index (χ3n) is 2.46. The van der Waals surface area contributed by atoms with Gasteiger partial charge in [0.2, 0.25) is 5.91 Å². The van der Waals surface area contributed by atoms with Crippen molar-refractivity contribution in [2.75, 3.05) is 12.3 Å². The van der Waals surface area contributed by atoms with Crippen LogP contribution in [-0.2, 0) is 10.5 Å². The van der Waals surface area contributed by atoms with Crippen LogP contribution in [0.1, 0.15) is 15.6 Å². The van der Waals surface area contributed by atoms with Crippen LogP contribution < -0.4 is 5.32 Å². The highest BCUT2D eigenvalue weighted by Crippen LogP contribution is 2.25. The average Bonchev–Trinajstić information content (AvgIpc) is 3.05. The molecule has 112 valence electrons. The van der Waals surface area contributed by atoms with Gasteiger partial charge in [-0.15, -0.1) is 22.7 Å². The van der Waals surface area contributed by atoms with Gasteiger partial charge in [-0.25, -0.2) is 4.98 Å². The molecule has 21 heavy (non-hydrogen) atoms. The van der Waals surface area contributed by atoms with E-state index in [1.54, 1.807) is 28.7 Å². The van der Waals surface area contributed by atoms with E-state index in [1.807, 2.05) is 24.1 Å². The van der Waals surface area contributed by atoms with E-state index < -0.39 is 0 Å². The summed E-state index contributed by atoms with van der Waals surface area (Å²) in [6.45, 7) is 2.63. The number of thiazole rings is 1. The number of thiophene rings is 1. The van der Waals surface area contributed by atoms with Gasteiger partial charge in [-0.05, 0) is 41.1 Å². The number of aromatic nitrogens is 1. The summed E-state index contributed by atoms with van der Waals surface area (Å²) < 4.78 is 1.16. The molecule has 0 radical (unpaired) electrons. The van der Waals surface area contributed by atoms with Gasteiger partial charge in [-0.1, -0.05) is 0 Å². The topological polar surface area (TPSA) is 42.0 Å². The molecule has 1 N–H and O–H groups in total. The number of hydrogen-bond donors (Lipinski definition) is 1. The van der Waals surface area contributed by atoms with Crippen molar-refractivity contribution in [3.63, 3.8) is 0 Å². The maximum Gasteiger partial charge on any atom is 0.244 e. The molecule has 0 atom stereocenters. The number of nitrogens with zero attached hydrogens (tertiary/aromatic N) is 1. The van der Waals surface area contributed by atoms with E-state index in [0.717, 1.165) is 26.0 Å². The zero-order valence-corrected chi connectivity index (χ0v) is 15.5. The Kier molecular flexibility index (Phi) is 6.95. The van der Waals surface area contributed by atoms with Gasteiger partial charge in [-0.3, -0.25) is 4.79 Å². The molecule has 0 aliphatic rings. The second kappa shape index (κ2) is 8.73. The summed E-state index contributed by atoms with van der Waals surface area (Å²) in [5.74, 6) is 1.82. The van der Waals surface area contributed by atoms with Gasteiger partial charge >= 0.3 is 0 Å². The van der Waals surface area contributed by atoms with Crippen molar-refractivity contribution < 1.29 is 4.79 Å². The lowest BCUT2D eigenvalue weighted by Crippen LogP contribution is -2.23. The van der Waals surface area contributed by atoms with Crippen molar-refractivity contribution >= 4 is 62.3 Å². The van der Waals surface area contributed by atoms with Crippen molar-refractivity contribution in [3.05, 3.63) is 43.0 Å². The van der Waals surface area contributed by atoms with Crippen LogP contribution in [0.15, 0.2) is 27.4 Å². The van der Waals surface area contributed by atoms with Gasteiger partial charge in [-0.2, -0.15) is 11.8 Å². The molecule has 2 aromatic rings. The Morgan fingerprint density at radius 2 is 2.38 bits per heavy atom. The van der Waals surface area contributed by atoms with Crippen LogP contribution in [0.25, 0.3) is 6.08 Å². The molecular formula is C14H15BrN2OS3. The number of halogens is 1. The fourth-order valence-electron chi connectivity index (χ4n) is 1.53. The number of aryl methyl sites for hydroxylation is 1. The van der Waals surface area contributed by atoms with Crippen molar-refractivity contribution in [3.8, 4) is 0 Å². The second-order valence-corrected chi connectivity index (χ2v) is 8.89. The lowest BCUT2D eigenvalue weighted by Gasteiger charge is -2.01. The van der Waals surface area contributed by atoms with Gasteiger partial charge in [0.15, 0.2) is 0 Å². The minimum absolute atomic E-state index is 0.0693. The molecule has 0 aliphatic heterocycles. The van der Waals surface area contributed by atoms with E-state index in [-0.39, 0.29) is 5.91 Å². The number of carbonyl (C=O) groups excluding carboxylic acids is 1. The molecule has 2 aromatic heterocycles. The lowest BCUT2D eigenvalue weighted by atomic mass is 10.4. The summed E-state index contributed by atoms with van der Waals surface area (Å²) in [5, 5.41) is 5.82. The van der Waals surface area contributed by atoms with Gasteiger partial charge in [0.1, 0.15) is 0 Å². The van der Waals surface area contributed by atoms with E-state index in [4.69, 9.17) is 0 Å². The van der Waals surface area contributed by atoms with E-state index >= 15 is 0 Å². The quantitative estimate of drug-likeness (QED) is 0.553. The molecule has 2 rings (SSSR count). The van der Waals surface area contributed by atoms with Crippen LogP contribution >= 0.6 is 50.4 Å². The van der Waals surface area contributed by atoms with Crippen molar-refractivity contribution in [2.45, 2.75) is 12.7 Å². The number of amides is 1. The van der Waals surface area contributed by atoms with Gasteiger partial charge in [0.05, 0.1) is 14.5 Å². The molecule has 1 amide bonds. The average molecular weight is 403 g/mol. The molecule has 0 saturated heterocycles. The van der Waals surface area contributed by atoms with Crippen molar-refractivity contribution in [1.29, 1.82) is 0 Å². The zero-order chi connectivity index (χ0) is 15.1. The molecule has 0 bridgehead atoms. The molecular weight excluding hydrogens is 388 g/mol. The molecule has 0 spiro atoms. The minimum Gasteiger partial charge on any atom is -0.352 e. The number of nitrogens with one attached hydrogen (secondary N) is 1. The summed E-state index contributed by atoms with van der Waals surface area (Å²) in [7, 11) is 0. The Morgan fingerprint density at radius 1 is 1.52 bits per heavy atom. The highest BCUT2D eigenvalue weighted by atomic mass is 79.9. The Labute approximate surface area is 145 Å². The van der Waals surface area contributed by atoms with E-state index in [9.17, 15) is 4.79 Å². The Bertz CT molecular complexity index is 621. The lowest BCUT2D eigenvalue weighted by molar-refractivity contribution is -0.116. The number of hydrogen-bond acceptors (Lipinski definition) is 5. The van der Waals surface area contributed by atoms with Crippen LogP contribution in [0.2, 0.25) is 0 Å². The summed E-state index contributed by atoms with van der Waals surface area (Å²) in [5.41, 5.74) is 0.838. The van der Waals surface area contributed by atoms with E-state index in [2.05, 4.69) is 38.4 Å². The van der Waals surface area contributed by atoms with E-state index in [1.165, 1.54) is 11.0 Å². The summed E-state index contributed by atoms with van der Waals surface area (Å²) >= 11 is 8.60. The Balaban J connectivity index is 1.60. The molecule has 0 unspecified atom stereocenters. The number of carbonyl (C=O) groups is 1. The molecule has 3 nitrogen and oxygen atoms in total. The predicted octanol–water partition coefficient (Wildman–Crippen LogP) is 4.34. The van der Waals surface area contributed by atoms with Gasteiger partial charge < -0.3 is 5.32 Å². The largest absolute Gasteiger partial charge is 0.352 e. The van der Waals surface area contributed by atoms with E-state index in [0.29, 0.717) is 6.54 Å². The van der Waals surface area contributed by atoms with Gasteiger partial charge in [0.25, 0.3) is 0 Å². The maximum atomic E-state index is 11.6. The van der Waals surface area contributed by atoms with Crippen molar-refractivity contribution in [1.82, 2.24) is 10.3 Å². The SMILES string of the molecule is Cc1nc(/C=C/C(=O)NCCSCc2ccc(Br)s2)cs1. The monoisotopic (exact) mass is 402 g/mol. The van der Waals surface area contributed by atoms with Crippen LogP contribution in [0, 0.1) is 6.92 Å². The molecule has 0 aromatic carbocycles. The highest BCUT2D eigenvalue weighted by molar-refractivity contribution is 9.11. The fraction of sp³-hybridized carbons (Fsp3) is 0.286. The Morgan fingerprint density at radius 3 is 3.05 bits per heavy atom. The number of rotatable bonds is 7. The molecule has 0 aliphatic carbocycles. The first-order valence-corrected chi connectivity index (χ1v) is 9.98. The van der Waals surface area contributed by atoms with Crippen LogP contribution in [0.5, 0.6) is 0 Å². The third-order valence-corrected chi connectivity index (χ3v) is 6.07. The second-order valence-electron chi connectivity index (χ2n) is 4.17. The Hall–Kier alpha value is -0.630. The van der Waals surface area contributed by atoms with Gasteiger partial charge in [0, 0.05) is 34.4 Å². The highest BCUT2D eigenvalue weighted by Gasteiger charge is 1.99. The van der Waals surface area contributed by atoms with Crippen molar-refractivity contribution in [2.24, 2.45) is 0 Å². The summed E-state index contributed by atoms with van der Waals surface area (Å²) in [4.78, 5) is 17.2.